The zero-order valence-corrected chi connectivity index (χ0v) is 14.0. The van der Waals surface area contributed by atoms with Crippen molar-refractivity contribution in [2.24, 2.45) is 11.1 Å². The number of carbonyl (C=O) groups is 1. The van der Waals surface area contributed by atoms with Gasteiger partial charge in [-0.1, -0.05) is 13.8 Å². The Kier molecular flexibility index (Phi) is 4.60. The first kappa shape index (κ1) is 16.9. The second-order valence-electron chi connectivity index (χ2n) is 6.43. The highest BCUT2D eigenvalue weighted by molar-refractivity contribution is 7.89. The maximum Gasteiger partial charge on any atom is 0.243 e. The minimum absolute atomic E-state index is 0.00101. The van der Waals surface area contributed by atoms with Gasteiger partial charge in [-0.05, 0) is 36.1 Å². The largest absolute Gasteiger partial charge is 0.327 e. The van der Waals surface area contributed by atoms with E-state index in [2.05, 4.69) is 5.32 Å². The summed E-state index contributed by atoms with van der Waals surface area (Å²) in [6, 6.07) is 6.22. The van der Waals surface area contributed by atoms with Crippen molar-refractivity contribution in [1.29, 1.82) is 0 Å². The Bertz CT molecular complexity index is 653. The molecule has 0 spiro atoms. The molecule has 6 nitrogen and oxygen atoms in total. The van der Waals surface area contributed by atoms with Crippen molar-refractivity contribution in [2.75, 3.05) is 18.4 Å². The summed E-state index contributed by atoms with van der Waals surface area (Å²) in [6.07, 6.45) is 0.649. The third kappa shape index (κ3) is 3.48. The summed E-state index contributed by atoms with van der Waals surface area (Å²) in [7, 11) is -3.54. The number of rotatable bonds is 3. The molecule has 22 heavy (non-hydrogen) atoms. The molecule has 1 atom stereocenters. The number of hydrogen-bond donors (Lipinski definition) is 2. The molecule has 1 unspecified atom stereocenters. The molecule has 1 aliphatic rings. The molecule has 0 aromatic heterocycles. The van der Waals surface area contributed by atoms with Crippen molar-refractivity contribution >= 4 is 21.6 Å². The zero-order valence-electron chi connectivity index (χ0n) is 13.2. The second kappa shape index (κ2) is 5.98. The van der Waals surface area contributed by atoms with Gasteiger partial charge in [-0.2, -0.15) is 4.31 Å². The van der Waals surface area contributed by atoms with Crippen molar-refractivity contribution in [3.63, 3.8) is 0 Å². The molecule has 1 heterocycles. The number of benzene rings is 1. The Balaban J connectivity index is 2.21. The van der Waals surface area contributed by atoms with Crippen LogP contribution in [0.1, 0.15) is 27.2 Å². The first-order valence-corrected chi connectivity index (χ1v) is 8.70. The second-order valence-corrected chi connectivity index (χ2v) is 8.37. The van der Waals surface area contributed by atoms with Gasteiger partial charge in [-0.15, -0.1) is 0 Å². The van der Waals surface area contributed by atoms with E-state index < -0.39 is 10.0 Å². The van der Waals surface area contributed by atoms with Gasteiger partial charge in [0.2, 0.25) is 15.9 Å². The molecule has 1 aliphatic heterocycles. The monoisotopic (exact) mass is 325 g/mol. The van der Waals surface area contributed by atoms with E-state index in [4.69, 9.17) is 5.73 Å². The lowest BCUT2D eigenvalue weighted by Gasteiger charge is -2.41. The van der Waals surface area contributed by atoms with E-state index in [1.54, 1.807) is 12.1 Å². The van der Waals surface area contributed by atoms with E-state index in [-0.39, 0.29) is 22.3 Å². The maximum absolute atomic E-state index is 12.7. The molecule has 1 aromatic rings. The van der Waals surface area contributed by atoms with E-state index in [0.29, 0.717) is 25.2 Å². The van der Waals surface area contributed by atoms with Crippen molar-refractivity contribution in [3.05, 3.63) is 24.3 Å². The number of nitrogens with one attached hydrogen (secondary N) is 1. The van der Waals surface area contributed by atoms with Crippen LogP contribution in [-0.2, 0) is 14.8 Å². The predicted molar refractivity (Wildman–Crippen MR) is 85.9 cm³/mol. The standard InChI is InChI=1S/C15H23N3O3S/c1-11(19)17-12-4-6-13(7-5-12)22(20,21)18-9-8-14(16)15(2,3)10-18/h4-7,14H,8-10,16H2,1-3H3,(H,17,19). The van der Waals surface area contributed by atoms with Gasteiger partial charge in [-0.3, -0.25) is 4.79 Å². The zero-order chi connectivity index (χ0) is 16.5. The van der Waals surface area contributed by atoms with Crippen LogP contribution in [0.25, 0.3) is 0 Å². The maximum atomic E-state index is 12.7. The Labute approximate surface area is 131 Å². The van der Waals surface area contributed by atoms with E-state index >= 15 is 0 Å². The number of carbonyl (C=O) groups excluding carboxylic acids is 1. The summed E-state index contributed by atoms with van der Waals surface area (Å²) in [5.74, 6) is -0.192. The molecule has 3 N–H and O–H groups in total. The SMILES string of the molecule is CC(=O)Nc1ccc(S(=O)(=O)N2CCC(N)C(C)(C)C2)cc1. The number of piperidine rings is 1. The molecule has 0 aliphatic carbocycles. The summed E-state index contributed by atoms with van der Waals surface area (Å²) in [5, 5.41) is 2.62. The third-order valence-corrected chi connectivity index (χ3v) is 5.95. The molecule has 0 saturated carbocycles. The molecule has 2 rings (SSSR count). The van der Waals surface area contributed by atoms with Crippen LogP contribution < -0.4 is 11.1 Å². The van der Waals surface area contributed by atoms with Gasteiger partial charge in [0, 0.05) is 31.7 Å². The normalized spacial score (nSPS) is 22.3. The Morgan fingerprint density at radius 1 is 1.32 bits per heavy atom. The highest BCUT2D eigenvalue weighted by atomic mass is 32.2. The lowest BCUT2D eigenvalue weighted by Crippen LogP contribution is -2.53. The van der Waals surface area contributed by atoms with Gasteiger partial charge in [-0.25, -0.2) is 8.42 Å². The summed E-state index contributed by atoms with van der Waals surface area (Å²) >= 11 is 0. The molecule has 0 bridgehead atoms. The lowest BCUT2D eigenvalue weighted by atomic mass is 9.81. The average Bonchev–Trinajstić information content (AvgIpc) is 2.41. The van der Waals surface area contributed by atoms with Crippen LogP contribution in [0.4, 0.5) is 5.69 Å². The third-order valence-electron chi connectivity index (χ3n) is 4.09. The molecule has 1 aromatic carbocycles. The van der Waals surface area contributed by atoms with Gasteiger partial charge < -0.3 is 11.1 Å². The van der Waals surface area contributed by atoms with Crippen LogP contribution in [-0.4, -0.2) is 37.8 Å². The minimum atomic E-state index is -3.54. The smallest absolute Gasteiger partial charge is 0.243 e. The highest BCUT2D eigenvalue weighted by Crippen LogP contribution is 2.31. The molecular weight excluding hydrogens is 302 g/mol. The Morgan fingerprint density at radius 3 is 2.41 bits per heavy atom. The van der Waals surface area contributed by atoms with Crippen molar-refractivity contribution in [3.8, 4) is 0 Å². The first-order chi connectivity index (χ1) is 10.1. The van der Waals surface area contributed by atoms with Gasteiger partial charge >= 0.3 is 0 Å². The number of nitrogens with zero attached hydrogens (tertiary/aromatic N) is 1. The van der Waals surface area contributed by atoms with Crippen LogP contribution in [0, 0.1) is 5.41 Å². The quantitative estimate of drug-likeness (QED) is 0.878. The van der Waals surface area contributed by atoms with Crippen LogP contribution in [0.15, 0.2) is 29.2 Å². The van der Waals surface area contributed by atoms with E-state index in [0.717, 1.165) is 0 Å². The van der Waals surface area contributed by atoms with Gasteiger partial charge in [0.25, 0.3) is 0 Å². The molecule has 7 heteroatoms. The summed E-state index contributed by atoms with van der Waals surface area (Å²) in [5.41, 5.74) is 6.39. The van der Waals surface area contributed by atoms with Crippen molar-refractivity contribution in [2.45, 2.75) is 38.1 Å². The van der Waals surface area contributed by atoms with Gasteiger partial charge in [0.15, 0.2) is 0 Å². The van der Waals surface area contributed by atoms with Crippen LogP contribution >= 0.6 is 0 Å². The minimum Gasteiger partial charge on any atom is -0.327 e. The van der Waals surface area contributed by atoms with E-state index in [1.165, 1.54) is 23.4 Å². The molecule has 1 saturated heterocycles. The fourth-order valence-corrected chi connectivity index (χ4v) is 4.22. The molecule has 1 amide bonds. The Hall–Kier alpha value is -1.44. The summed E-state index contributed by atoms with van der Waals surface area (Å²) in [6.45, 7) is 6.21. The van der Waals surface area contributed by atoms with Gasteiger partial charge in [0.05, 0.1) is 4.90 Å². The van der Waals surface area contributed by atoms with E-state index in [1.807, 2.05) is 13.8 Å². The fraction of sp³-hybridized carbons (Fsp3) is 0.533. The molecule has 1 fully saturated rings. The number of amides is 1. The summed E-state index contributed by atoms with van der Waals surface area (Å²) in [4.78, 5) is 11.2. The average molecular weight is 325 g/mol. The number of anilines is 1. The number of nitrogens with two attached hydrogens (primary N) is 1. The number of sulfonamides is 1. The first-order valence-electron chi connectivity index (χ1n) is 7.26. The lowest BCUT2D eigenvalue weighted by molar-refractivity contribution is -0.114. The van der Waals surface area contributed by atoms with Crippen molar-refractivity contribution in [1.82, 2.24) is 4.31 Å². The van der Waals surface area contributed by atoms with Crippen molar-refractivity contribution < 1.29 is 13.2 Å². The molecule has 122 valence electrons. The Morgan fingerprint density at radius 2 is 1.91 bits per heavy atom. The van der Waals surface area contributed by atoms with Crippen LogP contribution in [0.2, 0.25) is 0 Å². The van der Waals surface area contributed by atoms with Gasteiger partial charge in [0.1, 0.15) is 0 Å². The topological polar surface area (TPSA) is 92.5 Å². The summed E-state index contributed by atoms with van der Waals surface area (Å²) < 4.78 is 26.9. The molecular formula is C15H23N3O3S. The van der Waals surface area contributed by atoms with Crippen LogP contribution in [0.5, 0.6) is 0 Å². The molecule has 0 radical (unpaired) electrons. The van der Waals surface area contributed by atoms with E-state index in [9.17, 15) is 13.2 Å². The van der Waals surface area contributed by atoms with Crippen LogP contribution in [0.3, 0.4) is 0 Å². The fourth-order valence-electron chi connectivity index (χ4n) is 2.59. The highest BCUT2D eigenvalue weighted by Gasteiger charge is 2.38. The number of hydrogen-bond acceptors (Lipinski definition) is 4. The predicted octanol–water partition coefficient (Wildman–Crippen LogP) is 1.39.